The molecule has 0 aromatic heterocycles. The van der Waals surface area contributed by atoms with Gasteiger partial charge in [-0.25, -0.2) is 5.43 Å². The molecule has 2 N–H and O–H groups in total. The van der Waals surface area contributed by atoms with Crippen molar-refractivity contribution in [3.63, 3.8) is 0 Å². The second-order valence-electron chi connectivity index (χ2n) is 6.92. The van der Waals surface area contributed by atoms with E-state index in [1.807, 2.05) is 19.1 Å². The van der Waals surface area contributed by atoms with Crippen LogP contribution in [-0.4, -0.2) is 25.1 Å². The lowest BCUT2D eigenvalue weighted by atomic mass is 10.2. The summed E-state index contributed by atoms with van der Waals surface area (Å²) >= 11 is 12.4. The Kier molecular flexibility index (Phi) is 8.29. The Morgan fingerprint density at radius 3 is 2.33 bits per heavy atom. The summed E-state index contributed by atoms with van der Waals surface area (Å²) in [6.45, 7) is 2.09. The number of anilines is 1. The number of hydrazone groups is 1. The molecule has 0 saturated carbocycles. The molecule has 2 amide bonds. The van der Waals surface area contributed by atoms with Crippen molar-refractivity contribution in [1.82, 2.24) is 5.43 Å². The van der Waals surface area contributed by atoms with Crippen molar-refractivity contribution in [3.05, 3.63) is 87.4 Å². The molecule has 0 saturated heterocycles. The number of carbonyl (C=O) groups excluding carboxylic acids is 2. The zero-order valence-corrected chi connectivity index (χ0v) is 19.4. The number of nitrogens with zero attached hydrogens (tertiary/aromatic N) is 1. The van der Waals surface area contributed by atoms with Gasteiger partial charge in [0.05, 0.1) is 13.3 Å². The van der Waals surface area contributed by atoms with Crippen molar-refractivity contribution < 1.29 is 19.1 Å². The Morgan fingerprint density at radius 1 is 0.970 bits per heavy atom. The van der Waals surface area contributed by atoms with Crippen LogP contribution in [0.3, 0.4) is 0 Å². The maximum atomic E-state index is 12.0. The molecule has 0 bridgehead atoms. The summed E-state index contributed by atoms with van der Waals surface area (Å²) in [6.07, 6.45) is 1.38. The van der Waals surface area contributed by atoms with E-state index < -0.39 is 11.8 Å². The molecule has 170 valence electrons. The Balaban J connectivity index is 1.59. The van der Waals surface area contributed by atoms with Crippen LogP contribution in [0.15, 0.2) is 65.8 Å². The largest absolute Gasteiger partial charge is 0.493 e. The van der Waals surface area contributed by atoms with Crippen molar-refractivity contribution in [2.45, 2.75) is 13.5 Å². The minimum atomic E-state index is -0.893. The number of benzene rings is 3. The van der Waals surface area contributed by atoms with Crippen LogP contribution in [0, 0.1) is 6.92 Å². The molecule has 3 rings (SSSR count). The van der Waals surface area contributed by atoms with Crippen molar-refractivity contribution in [3.8, 4) is 11.5 Å². The maximum Gasteiger partial charge on any atom is 0.329 e. The maximum absolute atomic E-state index is 12.0. The first-order chi connectivity index (χ1) is 15.9. The lowest BCUT2D eigenvalue weighted by Crippen LogP contribution is -2.32. The normalized spacial score (nSPS) is 10.7. The van der Waals surface area contributed by atoms with Crippen LogP contribution in [0.5, 0.6) is 11.5 Å². The topological polar surface area (TPSA) is 89.0 Å². The summed E-state index contributed by atoms with van der Waals surface area (Å²) in [4.78, 5) is 23.9. The first-order valence-electron chi connectivity index (χ1n) is 9.82. The molecule has 3 aromatic rings. The van der Waals surface area contributed by atoms with Gasteiger partial charge in [-0.05, 0) is 55.0 Å². The molecule has 0 unspecified atom stereocenters. The minimum absolute atomic E-state index is 0.161. The zero-order chi connectivity index (χ0) is 23.8. The number of hydrogen-bond donors (Lipinski definition) is 2. The highest BCUT2D eigenvalue weighted by molar-refractivity contribution is 6.39. The summed E-state index contributed by atoms with van der Waals surface area (Å²) in [5, 5.41) is 7.34. The van der Waals surface area contributed by atoms with E-state index in [0.29, 0.717) is 38.4 Å². The van der Waals surface area contributed by atoms with E-state index in [2.05, 4.69) is 15.8 Å². The first kappa shape index (κ1) is 24.1. The second-order valence-corrected chi connectivity index (χ2v) is 7.73. The molecule has 0 radical (unpaired) electrons. The van der Waals surface area contributed by atoms with Gasteiger partial charge in [-0.1, -0.05) is 47.0 Å². The summed E-state index contributed by atoms with van der Waals surface area (Å²) < 4.78 is 11.2. The van der Waals surface area contributed by atoms with Gasteiger partial charge in [0, 0.05) is 21.3 Å². The molecule has 0 fully saturated rings. The number of methoxy groups -OCH3 is 1. The molecular formula is C24H21Cl2N3O4. The van der Waals surface area contributed by atoms with Gasteiger partial charge in [0.25, 0.3) is 0 Å². The van der Waals surface area contributed by atoms with Crippen LogP contribution in [-0.2, 0) is 16.2 Å². The summed E-state index contributed by atoms with van der Waals surface area (Å²) in [7, 11) is 1.50. The van der Waals surface area contributed by atoms with Crippen LogP contribution in [0.2, 0.25) is 10.0 Å². The highest BCUT2D eigenvalue weighted by atomic mass is 35.5. The Hall–Kier alpha value is -3.55. The standard InChI is InChI=1S/C24H21Cl2N3O4/c1-15-6-9-17(10-7-15)28-23(30)24(31)29-27-13-16-8-11-21(22(12-16)32-2)33-14-18-19(25)4-3-5-20(18)26/h3-13H,14H2,1-2H3,(H,28,30)(H,29,31)/b27-13-. The first-order valence-corrected chi connectivity index (χ1v) is 10.6. The fraction of sp³-hybridized carbons (Fsp3) is 0.125. The van der Waals surface area contributed by atoms with Gasteiger partial charge in [-0.15, -0.1) is 0 Å². The smallest absolute Gasteiger partial charge is 0.329 e. The molecule has 3 aromatic carbocycles. The molecule has 33 heavy (non-hydrogen) atoms. The van der Waals surface area contributed by atoms with Crippen molar-refractivity contribution in [1.29, 1.82) is 0 Å². The van der Waals surface area contributed by atoms with E-state index in [4.69, 9.17) is 32.7 Å². The molecule has 0 heterocycles. The van der Waals surface area contributed by atoms with E-state index >= 15 is 0 Å². The summed E-state index contributed by atoms with van der Waals surface area (Å²) in [5.74, 6) is -0.788. The molecule has 7 nitrogen and oxygen atoms in total. The fourth-order valence-electron chi connectivity index (χ4n) is 2.74. The molecule has 0 spiro atoms. The number of amides is 2. The average Bonchev–Trinajstić information content (AvgIpc) is 2.80. The number of ether oxygens (including phenoxy) is 2. The van der Waals surface area contributed by atoms with Crippen LogP contribution < -0.4 is 20.2 Å². The number of nitrogens with one attached hydrogen (secondary N) is 2. The van der Waals surface area contributed by atoms with Crippen molar-refractivity contribution >= 4 is 46.9 Å². The third-order valence-corrected chi connectivity index (χ3v) is 5.22. The monoisotopic (exact) mass is 485 g/mol. The predicted octanol–water partition coefficient (Wildman–Crippen LogP) is 4.98. The van der Waals surface area contributed by atoms with Gasteiger partial charge >= 0.3 is 11.8 Å². The number of halogens is 2. The van der Waals surface area contributed by atoms with Gasteiger partial charge in [-0.3, -0.25) is 9.59 Å². The van der Waals surface area contributed by atoms with E-state index in [0.717, 1.165) is 5.56 Å². The quantitative estimate of drug-likeness (QED) is 0.280. The predicted molar refractivity (Wildman–Crippen MR) is 129 cm³/mol. The lowest BCUT2D eigenvalue weighted by Gasteiger charge is -2.13. The molecule has 0 atom stereocenters. The van der Waals surface area contributed by atoms with Gasteiger partial charge in [0.15, 0.2) is 11.5 Å². The van der Waals surface area contributed by atoms with Gasteiger partial charge < -0.3 is 14.8 Å². The summed E-state index contributed by atoms with van der Waals surface area (Å²) in [5.41, 5.74) is 5.04. The Labute approximate surface area is 201 Å². The highest BCUT2D eigenvalue weighted by Gasteiger charge is 2.13. The van der Waals surface area contributed by atoms with E-state index in [1.54, 1.807) is 48.5 Å². The number of aryl methyl sites for hydroxylation is 1. The van der Waals surface area contributed by atoms with Crippen LogP contribution in [0.4, 0.5) is 5.69 Å². The lowest BCUT2D eigenvalue weighted by molar-refractivity contribution is -0.136. The molecule has 0 aliphatic carbocycles. The third-order valence-electron chi connectivity index (χ3n) is 4.52. The van der Waals surface area contributed by atoms with E-state index in [-0.39, 0.29) is 6.61 Å². The van der Waals surface area contributed by atoms with Crippen LogP contribution in [0.1, 0.15) is 16.7 Å². The molecular weight excluding hydrogens is 465 g/mol. The average molecular weight is 486 g/mol. The molecule has 9 heteroatoms. The van der Waals surface area contributed by atoms with Gasteiger partial charge in [0.2, 0.25) is 0 Å². The van der Waals surface area contributed by atoms with E-state index in [9.17, 15) is 9.59 Å². The van der Waals surface area contributed by atoms with Gasteiger partial charge in [0.1, 0.15) is 6.61 Å². The van der Waals surface area contributed by atoms with Crippen molar-refractivity contribution in [2.75, 3.05) is 12.4 Å². The Morgan fingerprint density at radius 2 is 1.67 bits per heavy atom. The van der Waals surface area contributed by atoms with Gasteiger partial charge in [-0.2, -0.15) is 5.10 Å². The number of hydrogen-bond acceptors (Lipinski definition) is 5. The number of rotatable bonds is 7. The van der Waals surface area contributed by atoms with Crippen LogP contribution in [0.25, 0.3) is 0 Å². The molecule has 0 aliphatic rings. The Bertz CT molecular complexity index is 1160. The minimum Gasteiger partial charge on any atom is -0.493 e. The summed E-state index contributed by atoms with van der Waals surface area (Å²) in [6, 6.07) is 17.4. The third kappa shape index (κ3) is 6.71. The SMILES string of the molecule is COc1cc(/C=N\NC(=O)C(=O)Nc2ccc(C)cc2)ccc1OCc1c(Cl)cccc1Cl. The van der Waals surface area contributed by atoms with Crippen molar-refractivity contribution in [2.24, 2.45) is 5.10 Å². The molecule has 0 aliphatic heterocycles. The van der Waals surface area contributed by atoms with E-state index in [1.165, 1.54) is 13.3 Å². The highest BCUT2D eigenvalue weighted by Crippen LogP contribution is 2.31. The fourth-order valence-corrected chi connectivity index (χ4v) is 3.25. The zero-order valence-electron chi connectivity index (χ0n) is 17.9. The second kappa shape index (κ2) is 11.4. The van der Waals surface area contributed by atoms with Crippen LogP contribution >= 0.6 is 23.2 Å². The number of carbonyl (C=O) groups is 2.